The molecule has 0 atom stereocenters. The number of carbonyl (C=O) groups excluding carboxylic acids is 2. The highest BCUT2D eigenvalue weighted by atomic mass is 16.5. The van der Waals surface area contributed by atoms with Crippen LogP contribution in [0.15, 0.2) is 24.8 Å². The zero-order valence-electron chi connectivity index (χ0n) is 9.95. The number of ketones is 1. The van der Waals surface area contributed by atoms with Crippen LogP contribution in [-0.4, -0.2) is 18.9 Å². The second kappa shape index (κ2) is 5.41. The summed E-state index contributed by atoms with van der Waals surface area (Å²) in [4.78, 5) is 22.6. The molecule has 0 aliphatic heterocycles. The fraction of sp³-hybridized carbons (Fsp3) is 0.231. The second-order valence-corrected chi connectivity index (χ2v) is 3.60. The van der Waals surface area contributed by atoms with E-state index in [0.29, 0.717) is 16.7 Å². The van der Waals surface area contributed by atoms with Crippen LogP contribution in [0.3, 0.4) is 0 Å². The van der Waals surface area contributed by atoms with Crippen molar-refractivity contribution < 1.29 is 14.3 Å². The van der Waals surface area contributed by atoms with Crippen LogP contribution in [0.1, 0.15) is 28.4 Å². The first-order chi connectivity index (χ1) is 8.01. The van der Waals surface area contributed by atoms with E-state index in [-0.39, 0.29) is 17.9 Å². The number of hydrogen-bond acceptors (Lipinski definition) is 4. The van der Waals surface area contributed by atoms with Gasteiger partial charge in [0.2, 0.25) is 0 Å². The molecule has 2 N–H and O–H groups in total. The Morgan fingerprint density at radius 2 is 2.06 bits per heavy atom. The van der Waals surface area contributed by atoms with Crippen molar-refractivity contribution in [1.29, 1.82) is 0 Å². The number of Topliss-reactive ketones (excluding diaryl/α,β-unsaturated/α-hetero) is 1. The Morgan fingerprint density at radius 1 is 1.41 bits per heavy atom. The fourth-order valence-corrected chi connectivity index (χ4v) is 1.51. The van der Waals surface area contributed by atoms with E-state index in [4.69, 9.17) is 5.73 Å². The number of nitrogens with two attached hydrogens (primary N) is 1. The summed E-state index contributed by atoms with van der Waals surface area (Å²) in [5.41, 5.74) is 7.71. The Morgan fingerprint density at radius 3 is 2.53 bits per heavy atom. The molecule has 0 saturated carbocycles. The SMILES string of the molecule is C=C(C(=O)OC)c1ccc(C(C)=O)cc1CN. The van der Waals surface area contributed by atoms with Crippen LogP contribution < -0.4 is 5.73 Å². The van der Waals surface area contributed by atoms with Gasteiger partial charge in [0.1, 0.15) is 0 Å². The fourth-order valence-electron chi connectivity index (χ4n) is 1.51. The quantitative estimate of drug-likeness (QED) is 0.486. The number of methoxy groups -OCH3 is 1. The van der Waals surface area contributed by atoms with Gasteiger partial charge in [-0.3, -0.25) is 4.79 Å². The molecule has 0 aliphatic rings. The van der Waals surface area contributed by atoms with Crippen molar-refractivity contribution in [2.75, 3.05) is 7.11 Å². The topological polar surface area (TPSA) is 69.4 Å². The standard InChI is InChI=1S/C13H15NO3/c1-8(13(16)17-3)12-5-4-10(9(2)15)6-11(12)7-14/h4-6H,1,7,14H2,2-3H3. The normalized spacial score (nSPS) is 9.82. The minimum Gasteiger partial charge on any atom is -0.465 e. The molecule has 17 heavy (non-hydrogen) atoms. The van der Waals surface area contributed by atoms with Gasteiger partial charge < -0.3 is 10.5 Å². The average Bonchev–Trinajstić information content (AvgIpc) is 2.35. The van der Waals surface area contributed by atoms with E-state index >= 15 is 0 Å². The number of carbonyl (C=O) groups is 2. The van der Waals surface area contributed by atoms with Gasteiger partial charge in [-0.05, 0) is 24.1 Å². The summed E-state index contributed by atoms with van der Waals surface area (Å²) < 4.78 is 4.60. The third-order valence-corrected chi connectivity index (χ3v) is 2.49. The zero-order chi connectivity index (χ0) is 13.0. The van der Waals surface area contributed by atoms with Crippen LogP contribution in [0.4, 0.5) is 0 Å². The number of benzene rings is 1. The molecule has 1 aromatic carbocycles. The second-order valence-electron chi connectivity index (χ2n) is 3.60. The van der Waals surface area contributed by atoms with Crippen molar-refractivity contribution in [3.05, 3.63) is 41.5 Å². The molecule has 1 rings (SSSR count). The molecule has 0 amide bonds. The molecule has 0 bridgehead atoms. The lowest BCUT2D eigenvalue weighted by Gasteiger charge is -2.10. The predicted octanol–water partition coefficient (Wildman–Crippen LogP) is 1.53. The first-order valence-electron chi connectivity index (χ1n) is 5.12. The third kappa shape index (κ3) is 2.79. The van der Waals surface area contributed by atoms with Crippen LogP contribution in [0.25, 0.3) is 5.57 Å². The Bertz CT molecular complexity index is 478. The zero-order valence-corrected chi connectivity index (χ0v) is 9.95. The van der Waals surface area contributed by atoms with E-state index < -0.39 is 5.97 Å². The summed E-state index contributed by atoms with van der Waals surface area (Å²) in [6.45, 7) is 5.37. The molecule has 4 heteroatoms. The van der Waals surface area contributed by atoms with Gasteiger partial charge in [-0.1, -0.05) is 18.7 Å². The van der Waals surface area contributed by atoms with Crippen molar-refractivity contribution in [1.82, 2.24) is 0 Å². The molecule has 0 heterocycles. The molecule has 0 aliphatic carbocycles. The van der Waals surface area contributed by atoms with E-state index in [1.807, 2.05) is 0 Å². The molecule has 0 unspecified atom stereocenters. The average molecular weight is 233 g/mol. The minimum absolute atomic E-state index is 0.0464. The number of ether oxygens (including phenoxy) is 1. The van der Waals surface area contributed by atoms with Crippen molar-refractivity contribution in [3.63, 3.8) is 0 Å². The maximum Gasteiger partial charge on any atom is 0.337 e. The predicted molar refractivity (Wildman–Crippen MR) is 65.4 cm³/mol. The first kappa shape index (κ1) is 13.1. The van der Waals surface area contributed by atoms with E-state index in [0.717, 1.165) is 0 Å². The summed E-state index contributed by atoms with van der Waals surface area (Å²) in [5, 5.41) is 0. The van der Waals surface area contributed by atoms with Gasteiger partial charge in [0, 0.05) is 12.1 Å². The summed E-state index contributed by atoms with van der Waals surface area (Å²) in [6.07, 6.45) is 0. The number of rotatable bonds is 4. The van der Waals surface area contributed by atoms with E-state index in [9.17, 15) is 9.59 Å². The maximum atomic E-state index is 11.4. The summed E-state index contributed by atoms with van der Waals surface area (Å²) >= 11 is 0. The van der Waals surface area contributed by atoms with Crippen molar-refractivity contribution in [3.8, 4) is 0 Å². The van der Waals surface area contributed by atoms with Gasteiger partial charge in [-0.15, -0.1) is 0 Å². The van der Waals surface area contributed by atoms with E-state index in [2.05, 4.69) is 11.3 Å². The van der Waals surface area contributed by atoms with Gasteiger partial charge in [0.15, 0.2) is 5.78 Å². The third-order valence-electron chi connectivity index (χ3n) is 2.49. The Balaban J connectivity index is 3.22. The Labute approximate surface area is 100 Å². The molecule has 4 nitrogen and oxygen atoms in total. The molecule has 0 spiro atoms. The lowest BCUT2D eigenvalue weighted by atomic mass is 9.97. The summed E-state index contributed by atoms with van der Waals surface area (Å²) in [6, 6.07) is 4.98. The molecule has 0 aromatic heterocycles. The summed E-state index contributed by atoms with van der Waals surface area (Å²) in [7, 11) is 1.29. The molecule has 0 saturated heterocycles. The smallest absolute Gasteiger partial charge is 0.337 e. The van der Waals surface area contributed by atoms with Crippen LogP contribution in [-0.2, 0) is 16.1 Å². The van der Waals surface area contributed by atoms with Crippen LogP contribution >= 0.6 is 0 Å². The Kier molecular flexibility index (Phi) is 4.17. The van der Waals surface area contributed by atoms with Crippen LogP contribution in [0.5, 0.6) is 0 Å². The molecule has 1 aromatic rings. The first-order valence-corrected chi connectivity index (χ1v) is 5.12. The molecule has 0 fully saturated rings. The van der Waals surface area contributed by atoms with Gasteiger partial charge in [-0.25, -0.2) is 4.79 Å². The van der Waals surface area contributed by atoms with Crippen molar-refractivity contribution >= 4 is 17.3 Å². The molecular formula is C13H15NO3. The lowest BCUT2D eigenvalue weighted by Crippen LogP contribution is -2.09. The van der Waals surface area contributed by atoms with Crippen molar-refractivity contribution in [2.45, 2.75) is 13.5 Å². The summed E-state index contributed by atoms with van der Waals surface area (Å²) in [5.74, 6) is -0.551. The largest absolute Gasteiger partial charge is 0.465 e. The lowest BCUT2D eigenvalue weighted by molar-refractivity contribution is -0.133. The highest BCUT2D eigenvalue weighted by molar-refractivity contribution is 6.16. The molecule has 90 valence electrons. The van der Waals surface area contributed by atoms with E-state index in [1.54, 1.807) is 18.2 Å². The van der Waals surface area contributed by atoms with Gasteiger partial charge in [0.05, 0.1) is 12.7 Å². The number of esters is 1. The highest BCUT2D eigenvalue weighted by Crippen LogP contribution is 2.20. The van der Waals surface area contributed by atoms with Gasteiger partial charge >= 0.3 is 5.97 Å². The Hall–Kier alpha value is -1.94. The van der Waals surface area contributed by atoms with Crippen LogP contribution in [0.2, 0.25) is 0 Å². The van der Waals surface area contributed by atoms with Crippen molar-refractivity contribution in [2.24, 2.45) is 5.73 Å². The minimum atomic E-state index is -0.504. The monoisotopic (exact) mass is 233 g/mol. The number of hydrogen-bond donors (Lipinski definition) is 1. The maximum absolute atomic E-state index is 11.4. The van der Waals surface area contributed by atoms with Gasteiger partial charge in [0.25, 0.3) is 0 Å². The highest BCUT2D eigenvalue weighted by Gasteiger charge is 2.14. The van der Waals surface area contributed by atoms with Crippen LogP contribution in [0, 0.1) is 0 Å². The molecule has 0 radical (unpaired) electrons. The van der Waals surface area contributed by atoms with Gasteiger partial charge in [-0.2, -0.15) is 0 Å². The van der Waals surface area contributed by atoms with E-state index in [1.165, 1.54) is 14.0 Å². The molecular weight excluding hydrogens is 218 g/mol.